The van der Waals surface area contributed by atoms with Crippen molar-refractivity contribution < 1.29 is 4.79 Å². The van der Waals surface area contributed by atoms with Gasteiger partial charge < -0.3 is 0 Å². The van der Waals surface area contributed by atoms with Gasteiger partial charge in [-0.05, 0) is 0 Å². The molecule has 6 heteroatoms. The van der Waals surface area contributed by atoms with Gasteiger partial charge in [-0.25, -0.2) is 10.9 Å². The van der Waals surface area contributed by atoms with Crippen LogP contribution in [0.5, 0.6) is 0 Å². The minimum atomic E-state index is -0.160. The molecular weight excluding hydrogens is 212 g/mol. The Morgan fingerprint density at radius 3 is 3.36 bits per heavy atom. The molecule has 0 aromatic carbocycles. The Labute approximate surface area is 71.9 Å². The summed E-state index contributed by atoms with van der Waals surface area (Å²) in [5, 5.41) is 5.36. The number of fused-ring (bicyclic) bond motifs is 1. The van der Waals surface area contributed by atoms with Crippen molar-refractivity contribution in [1.82, 2.24) is 15.9 Å². The number of nitrogens with zero attached hydrogens (tertiary/aromatic N) is 2. The van der Waals surface area contributed by atoms with E-state index in [-0.39, 0.29) is 16.8 Å². The molecule has 2 atom stereocenters. The summed E-state index contributed by atoms with van der Waals surface area (Å²) in [6, 6.07) is -0.160. The van der Waals surface area contributed by atoms with E-state index in [9.17, 15) is 4.79 Å². The first-order valence-electron chi connectivity index (χ1n) is 3.28. The molecule has 2 aliphatic heterocycles. The van der Waals surface area contributed by atoms with Gasteiger partial charge in [0.05, 0.1) is 4.83 Å². The molecule has 1 amide bonds. The summed E-state index contributed by atoms with van der Waals surface area (Å²) in [5.74, 6) is -0.0700. The number of carbonyl (C=O) groups is 1. The number of hydrogen-bond donors (Lipinski definition) is 2. The maximum atomic E-state index is 11.1. The monoisotopic (exact) mass is 218 g/mol. The van der Waals surface area contributed by atoms with Crippen molar-refractivity contribution >= 4 is 28.2 Å². The molecule has 2 heterocycles. The molecule has 11 heavy (non-hydrogen) atoms. The number of halogens is 1. The van der Waals surface area contributed by atoms with E-state index in [0.717, 1.165) is 6.54 Å². The molecule has 0 spiro atoms. The lowest BCUT2D eigenvalue weighted by atomic mass is 10.2. The minimum absolute atomic E-state index is 0.0700. The number of rotatable bonds is 0. The van der Waals surface area contributed by atoms with E-state index in [1.807, 2.05) is 0 Å². The first kappa shape index (κ1) is 7.05. The van der Waals surface area contributed by atoms with Crippen molar-refractivity contribution in [3.8, 4) is 0 Å². The molecule has 5 nitrogen and oxygen atoms in total. The van der Waals surface area contributed by atoms with Crippen LogP contribution in [0, 0.1) is 0 Å². The van der Waals surface area contributed by atoms with E-state index in [1.54, 1.807) is 11.3 Å². The van der Waals surface area contributed by atoms with Gasteiger partial charge in [0, 0.05) is 6.54 Å². The highest BCUT2D eigenvalue weighted by atomic mass is 79.9. The summed E-state index contributed by atoms with van der Waals surface area (Å²) >= 11 is 3.39. The molecule has 2 rings (SSSR count). The molecule has 0 aliphatic carbocycles. The zero-order valence-electron chi connectivity index (χ0n) is 5.62. The van der Waals surface area contributed by atoms with Crippen LogP contribution in [0.15, 0.2) is 5.10 Å². The highest BCUT2D eigenvalue weighted by Crippen LogP contribution is 2.17. The number of amides is 1. The highest BCUT2D eigenvalue weighted by molar-refractivity contribution is 9.09. The normalized spacial score (nSPS) is 35.4. The molecule has 0 radical (unpaired) electrons. The largest absolute Gasteiger partial charge is 0.283 e. The summed E-state index contributed by atoms with van der Waals surface area (Å²) in [7, 11) is 0. The molecule has 0 saturated carbocycles. The van der Waals surface area contributed by atoms with Crippen LogP contribution in [0.3, 0.4) is 0 Å². The highest BCUT2D eigenvalue weighted by Gasteiger charge is 2.38. The molecule has 2 unspecified atom stereocenters. The molecule has 1 saturated heterocycles. The third-order valence-corrected chi connectivity index (χ3v) is 2.56. The number of hydrazone groups is 1. The van der Waals surface area contributed by atoms with Crippen LogP contribution in [0.4, 0.5) is 0 Å². The fourth-order valence-corrected chi connectivity index (χ4v) is 1.84. The molecule has 60 valence electrons. The zero-order chi connectivity index (χ0) is 7.84. The molecular formula is C5H7BrN4O. The standard InChI is InChI=1S/C5H7BrN4O/c6-3-1-8-10-2-7-9-5(11)4(3)10/h2-4,8H,1H2,(H,9,11). The van der Waals surface area contributed by atoms with Crippen molar-refractivity contribution in [2.24, 2.45) is 5.10 Å². The van der Waals surface area contributed by atoms with Crippen molar-refractivity contribution in [2.75, 3.05) is 6.54 Å². The average molecular weight is 219 g/mol. The van der Waals surface area contributed by atoms with Gasteiger partial charge in [0.25, 0.3) is 5.91 Å². The van der Waals surface area contributed by atoms with Crippen molar-refractivity contribution in [1.29, 1.82) is 0 Å². The Morgan fingerprint density at radius 1 is 1.82 bits per heavy atom. The second kappa shape index (κ2) is 2.46. The number of hydrogen-bond acceptors (Lipinski definition) is 4. The summed E-state index contributed by atoms with van der Waals surface area (Å²) in [6.45, 7) is 0.754. The maximum Gasteiger partial charge on any atom is 0.265 e. The van der Waals surface area contributed by atoms with Crippen LogP contribution < -0.4 is 10.9 Å². The SMILES string of the molecule is O=C1NN=CN2NCC(Br)C12. The van der Waals surface area contributed by atoms with Gasteiger partial charge in [-0.15, -0.1) is 0 Å². The second-order valence-electron chi connectivity index (χ2n) is 2.45. The maximum absolute atomic E-state index is 11.1. The van der Waals surface area contributed by atoms with Gasteiger partial charge in [0.15, 0.2) is 0 Å². The fraction of sp³-hybridized carbons (Fsp3) is 0.600. The summed E-state index contributed by atoms with van der Waals surface area (Å²) in [6.07, 6.45) is 1.58. The lowest BCUT2D eigenvalue weighted by molar-refractivity contribution is -0.125. The number of carbonyl (C=O) groups excluding carboxylic acids is 1. The molecule has 0 aromatic rings. The van der Waals surface area contributed by atoms with Gasteiger partial charge in [-0.3, -0.25) is 9.80 Å². The van der Waals surface area contributed by atoms with Crippen LogP contribution in [0.25, 0.3) is 0 Å². The van der Waals surface area contributed by atoms with Gasteiger partial charge in [-0.2, -0.15) is 5.10 Å². The quantitative estimate of drug-likeness (QED) is 0.514. The number of hydrazine groups is 1. The van der Waals surface area contributed by atoms with Gasteiger partial charge in [-0.1, -0.05) is 15.9 Å². The Morgan fingerprint density at radius 2 is 2.64 bits per heavy atom. The lowest BCUT2D eigenvalue weighted by Gasteiger charge is -2.24. The predicted octanol–water partition coefficient (Wildman–Crippen LogP) is -0.988. The topological polar surface area (TPSA) is 56.7 Å². The predicted molar refractivity (Wildman–Crippen MR) is 43.0 cm³/mol. The lowest BCUT2D eigenvalue weighted by Crippen LogP contribution is -2.50. The van der Waals surface area contributed by atoms with E-state index >= 15 is 0 Å². The van der Waals surface area contributed by atoms with Crippen molar-refractivity contribution in [2.45, 2.75) is 10.9 Å². The third kappa shape index (κ3) is 1.02. The molecule has 2 aliphatic rings. The second-order valence-corrected chi connectivity index (χ2v) is 3.63. The fourth-order valence-electron chi connectivity index (χ4n) is 1.20. The molecule has 2 N–H and O–H groups in total. The van der Waals surface area contributed by atoms with Crippen molar-refractivity contribution in [3.05, 3.63) is 0 Å². The van der Waals surface area contributed by atoms with Gasteiger partial charge >= 0.3 is 0 Å². The number of alkyl halides is 1. The minimum Gasteiger partial charge on any atom is -0.283 e. The molecule has 1 fully saturated rings. The Balaban J connectivity index is 2.24. The summed E-state index contributed by atoms with van der Waals surface area (Å²) in [4.78, 5) is 11.3. The Kier molecular flexibility index (Phi) is 1.57. The average Bonchev–Trinajstić information content (AvgIpc) is 2.34. The van der Waals surface area contributed by atoms with E-state index in [4.69, 9.17) is 0 Å². The third-order valence-electron chi connectivity index (χ3n) is 1.74. The van der Waals surface area contributed by atoms with Crippen molar-refractivity contribution in [3.63, 3.8) is 0 Å². The van der Waals surface area contributed by atoms with Crippen LogP contribution >= 0.6 is 15.9 Å². The van der Waals surface area contributed by atoms with E-state index in [2.05, 4.69) is 31.9 Å². The summed E-state index contributed by atoms with van der Waals surface area (Å²) in [5.41, 5.74) is 5.42. The van der Waals surface area contributed by atoms with E-state index < -0.39 is 0 Å². The zero-order valence-corrected chi connectivity index (χ0v) is 7.21. The molecule has 0 aromatic heterocycles. The Hall–Kier alpha value is -0.620. The number of nitrogens with one attached hydrogen (secondary N) is 2. The van der Waals surface area contributed by atoms with Crippen LogP contribution in [-0.4, -0.2) is 34.7 Å². The Bertz CT molecular complexity index is 219. The smallest absolute Gasteiger partial charge is 0.265 e. The first-order valence-corrected chi connectivity index (χ1v) is 4.19. The van der Waals surface area contributed by atoms with Gasteiger partial charge in [0.2, 0.25) is 0 Å². The molecule has 0 bridgehead atoms. The summed E-state index contributed by atoms with van der Waals surface area (Å²) < 4.78 is 0. The van der Waals surface area contributed by atoms with Crippen LogP contribution in [-0.2, 0) is 4.79 Å². The van der Waals surface area contributed by atoms with E-state index in [1.165, 1.54) is 0 Å². The van der Waals surface area contributed by atoms with Crippen LogP contribution in [0.2, 0.25) is 0 Å². The van der Waals surface area contributed by atoms with Gasteiger partial charge in [0.1, 0.15) is 12.4 Å². The van der Waals surface area contributed by atoms with Crippen LogP contribution in [0.1, 0.15) is 0 Å². The first-order chi connectivity index (χ1) is 5.29. The van der Waals surface area contributed by atoms with E-state index in [0.29, 0.717) is 0 Å².